The number of halogens is 2. The number of nitrogens with one attached hydrogen (secondary N) is 1. The zero-order chi connectivity index (χ0) is 17.6. The number of benzene rings is 2. The normalized spacial score (nSPS) is 16.0. The lowest BCUT2D eigenvalue weighted by Gasteiger charge is -2.12. The van der Waals surface area contributed by atoms with Crippen LogP contribution in [0.3, 0.4) is 0 Å². The Hall–Kier alpha value is -1.95. The molecule has 7 heteroatoms. The summed E-state index contributed by atoms with van der Waals surface area (Å²) in [6.45, 7) is 0. The van der Waals surface area contributed by atoms with Crippen LogP contribution in [0.4, 0.5) is 0 Å². The predicted molar refractivity (Wildman–Crippen MR) is 99.7 cm³/mol. The number of H-pyrrole nitrogens is 1. The Morgan fingerprint density at radius 2 is 2.04 bits per heavy atom. The predicted octanol–water partition coefficient (Wildman–Crippen LogP) is 5.32. The van der Waals surface area contributed by atoms with Gasteiger partial charge in [-0.2, -0.15) is 0 Å². The largest absolute Gasteiger partial charge is 0.494 e. The molecule has 4 rings (SSSR count). The van der Waals surface area contributed by atoms with E-state index in [9.17, 15) is 9.90 Å². The van der Waals surface area contributed by atoms with Gasteiger partial charge in [0.25, 0.3) is 0 Å². The number of thiazole rings is 1. The van der Waals surface area contributed by atoms with Crippen LogP contribution in [0.2, 0.25) is 10.0 Å². The van der Waals surface area contributed by atoms with Crippen molar-refractivity contribution in [1.29, 1.82) is 0 Å². The van der Waals surface area contributed by atoms with Crippen molar-refractivity contribution in [2.75, 3.05) is 0 Å². The molecule has 0 spiro atoms. The molecule has 0 radical (unpaired) electrons. The third kappa shape index (κ3) is 3.15. The first kappa shape index (κ1) is 16.5. The first-order valence-electron chi connectivity index (χ1n) is 7.69. The van der Waals surface area contributed by atoms with Gasteiger partial charge in [-0.05, 0) is 54.3 Å². The maximum atomic E-state index is 11.5. The highest BCUT2D eigenvalue weighted by atomic mass is 35.5. The van der Waals surface area contributed by atoms with Gasteiger partial charge in [0.15, 0.2) is 0 Å². The molecule has 1 heterocycles. The summed E-state index contributed by atoms with van der Waals surface area (Å²) in [4.78, 5) is 14.3. The Bertz CT molecular complexity index is 1010. The Labute approximate surface area is 157 Å². The van der Waals surface area contributed by atoms with E-state index in [2.05, 4.69) is 4.98 Å². The van der Waals surface area contributed by atoms with Gasteiger partial charge in [0, 0.05) is 10.9 Å². The second-order valence-corrected chi connectivity index (χ2v) is 7.71. The lowest BCUT2D eigenvalue weighted by atomic mass is 10.00. The van der Waals surface area contributed by atoms with Crippen LogP contribution in [0, 0.1) is 0 Å². The SMILES string of the molecule is O=c1[nH]c(O)c(C2CCc3cc(Oc4ccc(Cl)cc4Cl)ccc32)s1. The number of aryl methyl sites for hydroxylation is 1. The van der Waals surface area contributed by atoms with E-state index in [1.165, 1.54) is 0 Å². The van der Waals surface area contributed by atoms with Crippen LogP contribution >= 0.6 is 34.5 Å². The first-order chi connectivity index (χ1) is 12.0. The molecule has 25 heavy (non-hydrogen) atoms. The molecule has 0 saturated heterocycles. The van der Waals surface area contributed by atoms with Crippen LogP contribution in [0.15, 0.2) is 41.2 Å². The van der Waals surface area contributed by atoms with E-state index in [0.29, 0.717) is 26.4 Å². The first-order valence-corrected chi connectivity index (χ1v) is 9.26. The molecular formula is C18H13Cl2NO3S. The second-order valence-electron chi connectivity index (χ2n) is 5.86. The van der Waals surface area contributed by atoms with Crippen LogP contribution in [-0.4, -0.2) is 10.1 Å². The Kier molecular flexibility index (Phi) is 4.23. The molecule has 2 N–H and O–H groups in total. The zero-order valence-corrected chi connectivity index (χ0v) is 15.2. The number of aromatic amines is 1. The lowest BCUT2D eigenvalue weighted by Crippen LogP contribution is -1.94. The monoisotopic (exact) mass is 393 g/mol. The molecule has 1 unspecified atom stereocenters. The van der Waals surface area contributed by atoms with Gasteiger partial charge in [0.1, 0.15) is 11.5 Å². The minimum atomic E-state index is -0.238. The summed E-state index contributed by atoms with van der Waals surface area (Å²) in [5, 5.41) is 10.9. The van der Waals surface area contributed by atoms with Crippen LogP contribution in [-0.2, 0) is 6.42 Å². The number of hydrogen-bond acceptors (Lipinski definition) is 4. The number of ether oxygens (including phenoxy) is 1. The van der Waals surface area contributed by atoms with Gasteiger partial charge < -0.3 is 9.84 Å². The van der Waals surface area contributed by atoms with Crippen LogP contribution in [0.5, 0.6) is 17.4 Å². The molecule has 2 aromatic carbocycles. The number of rotatable bonds is 3. The third-order valence-corrected chi connectivity index (χ3v) is 5.80. The molecular weight excluding hydrogens is 381 g/mol. The van der Waals surface area contributed by atoms with Gasteiger partial charge in [0.05, 0.1) is 9.90 Å². The average molecular weight is 394 g/mol. The van der Waals surface area contributed by atoms with E-state index >= 15 is 0 Å². The van der Waals surface area contributed by atoms with Gasteiger partial charge in [-0.15, -0.1) is 0 Å². The Balaban J connectivity index is 1.63. The minimum Gasteiger partial charge on any atom is -0.494 e. The summed E-state index contributed by atoms with van der Waals surface area (Å²) in [5.74, 6) is 1.24. The highest BCUT2D eigenvalue weighted by molar-refractivity contribution is 7.09. The summed E-state index contributed by atoms with van der Waals surface area (Å²) in [5.41, 5.74) is 2.26. The smallest absolute Gasteiger partial charge is 0.307 e. The van der Waals surface area contributed by atoms with E-state index in [-0.39, 0.29) is 16.7 Å². The number of aromatic nitrogens is 1. The highest BCUT2D eigenvalue weighted by Crippen LogP contribution is 2.43. The summed E-state index contributed by atoms with van der Waals surface area (Å²) in [7, 11) is 0. The van der Waals surface area contributed by atoms with E-state index < -0.39 is 0 Å². The molecule has 1 aliphatic carbocycles. The van der Waals surface area contributed by atoms with Gasteiger partial charge in [0.2, 0.25) is 5.88 Å². The topological polar surface area (TPSA) is 62.3 Å². The summed E-state index contributed by atoms with van der Waals surface area (Å²) in [6, 6.07) is 10.9. The van der Waals surface area contributed by atoms with Gasteiger partial charge in [-0.1, -0.05) is 40.6 Å². The molecule has 1 atom stereocenters. The highest BCUT2D eigenvalue weighted by Gasteiger charge is 2.28. The van der Waals surface area contributed by atoms with Crippen molar-refractivity contribution < 1.29 is 9.84 Å². The fraction of sp³-hybridized carbons (Fsp3) is 0.167. The molecule has 0 amide bonds. The Morgan fingerprint density at radius 1 is 1.20 bits per heavy atom. The summed E-state index contributed by atoms with van der Waals surface area (Å²) >= 11 is 13.1. The van der Waals surface area contributed by atoms with Crippen molar-refractivity contribution in [3.05, 3.63) is 72.1 Å². The Morgan fingerprint density at radius 3 is 2.76 bits per heavy atom. The standard InChI is InChI=1S/C18H13Cl2NO3S/c19-10-2-6-15(14(20)8-10)24-11-3-5-12-9(7-11)1-4-13(12)16-17(22)21-18(23)25-16/h2-3,5-8,13,22H,1,4H2,(H,21,23). The zero-order valence-electron chi connectivity index (χ0n) is 12.9. The van der Waals surface area contributed by atoms with E-state index in [0.717, 1.165) is 35.3 Å². The average Bonchev–Trinajstić information content (AvgIpc) is 3.12. The van der Waals surface area contributed by atoms with Gasteiger partial charge in [-0.25, -0.2) is 0 Å². The fourth-order valence-electron chi connectivity index (χ4n) is 3.18. The fourth-order valence-corrected chi connectivity index (χ4v) is 4.51. The maximum Gasteiger partial charge on any atom is 0.307 e. The summed E-state index contributed by atoms with van der Waals surface area (Å²) < 4.78 is 5.86. The molecule has 1 aliphatic rings. The minimum absolute atomic E-state index is 0.0267. The molecule has 0 bridgehead atoms. The molecule has 0 aliphatic heterocycles. The number of aromatic hydroxyl groups is 1. The van der Waals surface area contributed by atoms with Crippen molar-refractivity contribution in [3.8, 4) is 17.4 Å². The van der Waals surface area contributed by atoms with E-state index in [1.807, 2.05) is 18.2 Å². The molecule has 4 nitrogen and oxygen atoms in total. The van der Waals surface area contributed by atoms with Gasteiger partial charge in [-0.3, -0.25) is 9.78 Å². The molecule has 128 valence electrons. The van der Waals surface area contributed by atoms with E-state index in [4.69, 9.17) is 27.9 Å². The van der Waals surface area contributed by atoms with Crippen molar-refractivity contribution >= 4 is 34.5 Å². The van der Waals surface area contributed by atoms with Crippen molar-refractivity contribution in [2.45, 2.75) is 18.8 Å². The maximum absolute atomic E-state index is 11.5. The quantitative estimate of drug-likeness (QED) is 0.632. The third-order valence-electron chi connectivity index (χ3n) is 4.29. The van der Waals surface area contributed by atoms with Gasteiger partial charge >= 0.3 is 4.87 Å². The number of hydrogen-bond donors (Lipinski definition) is 2. The van der Waals surface area contributed by atoms with E-state index in [1.54, 1.807) is 18.2 Å². The lowest BCUT2D eigenvalue weighted by molar-refractivity contribution is 0.447. The van der Waals surface area contributed by atoms with Crippen LogP contribution in [0.25, 0.3) is 0 Å². The second kappa shape index (κ2) is 6.41. The number of fused-ring (bicyclic) bond motifs is 1. The van der Waals surface area contributed by atoms with Crippen molar-refractivity contribution in [3.63, 3.8) is 0 Å². The van der Waals surface area contributed by atoms with Crippen LogP contribution < -0.4 is 9.61 Å². The molecule has 1 aromatic heterocycles. The summed E-state index contributed by atoms with van der Waals surface area (Å²) in [6.07, 6.45) is 1.71. The van der Waals surface area contributed by atoms with Crippen molar-refractivity contribution in [2.24, 2.45) is 0 Å². The van der Waals surface area contributed by atoms with Crippen molar-refractivity contribution in [1.82, 2.24) is 4.98 Å². The molecule has 0 fully saturated rings. The van der Waals surface area contributed by atoms with Crippen LogP contribution in [0.1, 0.15) is 28.3 Å². The molecule has 3 aromatic rings. The molecule has 0 saturated carbocycles.